The number of benzene rings is 1. The molecule has 0 saturated heterocycles. The molecule has 1 heterocycles. The van der Waals surface area contributed by atoms with Crippen molar-refractivity contribution in [1.29, 1.82) is 0 Å². The zero-order valence-electron chi connectivity index (χ0n) is 17.7. The maximum atomic E-state index is 14.0. The van der Waals surface area contributed by atoms with E-state index in [0.717, 1.165) is 4.90 Å². The predicted molar refractivity (Wildman–Crippen MR) is 90.7 cm³/mol. The summed E-state index contributed by atoms with van der Waals surface area (Å²) in [5.74, 6) is -56.0. The van der Waals surface area contributed by atoms with Crippen molar-refractivity contribution in [3.63, 3.8) is 0 Å². The van der Waals surface area contributed by atoms with Gasteiger partial charge in [-0.25, -0.2) is 0 Å². The maximum absolute atomic E-state index is 14.0. The van der Waals surface area contributed by atoms with Crippen LogP contribution in [-0.2, 0) is 13.0 Å². The summed E-state index contributed by atoms with van der Waals surface area (Å²) in [4.78, 5) is 0.954. The van der Waals surface area contributed by atoms with E-state index < -0.39 is 60.6 Å². The Morgan fingerprint density at radius 1 is 0.541 bits per heavy atom. The largest absolute Gasteiger partial charge is 0.460 e. The van der Waals surface area contributed by atoms with Gasteiger partial charge >= 0.3 is 47.6 Å². The van der Waals surface area contributed by atoms with Gasteiger partial charge in [0.15, 0.2) is 0 Å². The van der Waals surface area contributed by atoms with Crippen molar-refractivity contribution in [1.82, 2.24) is 4.90 Å². The molecular weight excluding hydrogens is 565 g/mol. The quantitative estimate of drug-likeness (QED) is 0.275. The Bertz CT molecular complexity index is 966. The van der Waals surface area contributed by atoms with E-state index in [9.17, 15) is 74.6 Å². The first kappa shape index (κ1) is 31.2. The number of hydrogen-bond donors (Lipinski definition) is 0. The highest BCUT2D eigenvalue weighted by Gasteiger charge is 2.95. The molecule has 1 aromatic carbocycles. The molecule has 18 heteroatoms. The third-order valence-electron chi connectivity index (χ3n) is 5.74. The van der Waals surface area contributed by atoms with Crippen LogP contribution in [0.15, 0.2) is 24.3 Å². The van der Waals surface area contributed by atoms with Crippen LogP contribution < -0.4 is 0 Å². The van der Waals surface area contributed by atoms with E-state index in [-0.39, 0.29) is 19.5 Å². The van der Waals surface area contributed by atoms with Gasteiger partial charge in [-0.3, -0.25) is 4.90 Å². The molecule has 0 atom stereocenters. The summed E-state index contributed by atoms with van der Waals surface area (Å²) in [7, 11) is 0. The van der Waals surface area contributed by atoms with Crippen LogP contribution in [0.3, 0.4) is 0 Å². The number of alkyl halides is 17. The van der Waals surface area contributed by atoms with Gasteiger partial charge in [-0.2, -0.15) is 74.6 Å². The highest BCUT2D eigenvalue weighted by molar-refractivity contribution is 5.29. The van der Waals surface area contributed by atoms with Crippen molar-refractivity contribution in [2.24, 2.45) is 0 Å². The lowest BCUT2D eigenvalue weighted by atomic mass is 9.88. The number of hydrogen-bond acceptors (Lipinski definition) is 1. The highest BCUT2D eigenvalue weighted by Crippen LogP contribution is 2.64. The third kappa shape index (κ3) is 4.60. The molecule has 0 bridgehead atoms. The maximum Gasteiger partial charge on any atom is 0.460 e. The molecule has 0 radical (unpaired) electrons. The van der Waals surface area contributed by atoms with Crippen LogP contribution in [0.1, 0.15) is 17.5 Å². The average molecular weight is 579 g/mol. The van der Waals surface area contributed by atoms with Gasteiger partial charge in [-0.15, -0.1) is 0 Å². The van der Waals surface area contributed by atoms with Gasteiger partial charge in [-0.05, 0) is 17.5 Å². The van der Waals surface area contributed by atoms with Crippen LogP contribution in [0, 0.1) is 0 Å². The topological polar surface area (TPSA) is 3.24 Å². The average Bonchev–Trinajstić information content (AvgIpc) is 2.76. The zero-order valence-corrected chi connectivity index (χ0v) is 17.7. The van der Waals surface area contributed by atoms with Crippen molar-refractivity contribution in [3.8, 4) is 0 Å². The van der Waals surface area contributed by atoms with Gasteiger partial charge in [0.25, 0.3) is 0 Å². The SMILES string of the molecule is FC(F)(F)C(F)(F)C(F)(F)C(F)(F)C(F)(F)C(F)(F)C(F)(F)C(F)(F)CCN1CCc2ccccc2C1. The molecule has 2 rings (SSSR count). The molecule has 0 amide bonds. The normalized spacial score (nSPS) is 17.6. The number of fused-ring (bicyclic) bond motifs is 1. The van der Waals surface area contributed by atoms with Crippen molar-refractivity contribution in [3.05, 3.63) is 35.4 Å². The van der Waals surface area contributed by atoms with E-state index in [1.54, 1.807) is 12.1 Å². The minimum Gasteiger partial charge on any atom is -0.299 e. The van der Waals surface area contributed by atoms with Gasteiger partial charge in [0.1, 0.15) is 0 Å². The van der Waals surface area contributed by atoms with Crippen LogP contribution in [0.25, 0.3) is 0 Å². The number of halogens is 17. The lowest BCUT2D eigenvalue weighted by Gasteiger charge is -2.43. The van der Waals surface area contributed by atoms with Crippen LogP contribution in [0.5, 0.6) is 0 Å². The molecule has 0 saturated carbocycles. The predicted octanol–water partition coefficient (Wildman–Crippen LogP) is 7.44. The van der Waals surface area contributed by atoms with E-state index in [1.165, 1.54) is 12.1 Å². The molecule has 0 N–H and O–H groups in total. The van der Waals surface area contributed by atoms with Crippen LogP contribution in [-0.4, -0.2) is 65.6 Å². The standard InChI is InChI=1S/C19H14F17N/c20-12(21,6-8-37-7-5-10-3-1-2-4-11(10)9-37)13(22,23)14(24,25)15(26,27)16(28,29)17(30,31)18(32,33)19(34,35)36/h1-4H,5-9H2. The summed E-state index contributed by atoms with van der Waals surface area (Å²) in [6, 6.07) is 6.17. The smallest absolute Gasteiger partial charge is 0.299 e. The van der Waals surface area contributed by atoms with Crippen molar-refractivity contribution in [2.75, 3.05) is 13.1 Å². The van der Waals surface area contributed by atoms with E-state index in [4.69, 9.17) is 0 Å². The Morgan fingerprint density at radius 2 is 0.946 bits per heavy atom. The Morgan fingerprint density at radius 3 is 1.41 bits per heavy atom. The summed E-state index contributed by atoms with van der Waals surface area (Å²) in [6.45, 7) is -1.60. The molecule has 1 aliphatic rings. The molecule has 0 aromatic heterocycles. The molecular formula is C19H14F17N. The molecule has 0 aliphatic carbocycles. The molecule has 0 fully saturated rings. The summed E-state index contributed by atoms with van der Waals surface area (Å²) in [5.41, 5.74) is 1.17. The second-order valence-electron chi connectivity index (χ2n) is 8.19. The number of rotatable bonds is 9. The summed E-state index contributed by atoms with van der Waals surface area (Å²) < 4.78 is 226. The van der Waals surface area contributed by atoms with Crippen LogP contribution in [0.2, 0.25) is 0 Å². The first-order valence-electron chi connectivity index (χ1n) is 9.80. The van der Waals surface area contributed by atoms with Gasteiger partial charge < -0.3 is 0 Å². The zero-order chi connectivity index (χ0) is 29.1. The fourth-order valence-corrected chi connectivity index (χ4v) is 3.40. The van der Waals surface area contributed by atoms with E-state index in [0.29, 0.717) is 11.1 Å². The molecule has 37 heavy (non-hydrogen) atoms. The number of nitrogens with zero attached hydrogens (tertiary/aromatic N) is 1. The van der Waals surface area contributed by atoms with Crippen LogP contribution in [0.4, 0.5) is 74.6 Å². The lowest BCUT2D eigenvalue weighted by Crippen LogP contribution is -2.74. The summed E-state index contributed by atoms with van der Waals surface area (Å²) >= 11 is 0. The Kier molecular flexibility index (Phi) is 7.62. The minimum atomic E-state index is -8.60. The van der Waals surface area contributed by atoms with Crippen LogP contribution >= 0.6 is 0 Å². The molecule has 0 unspecified atom stereocenters. The van der Waals surface area contributed by atoms with E-state index in [2.05, 4.69) is 0 Å². The fraction of sp³-hybridized carbons (Fsp3) is 0.684. The second kappa shape index (κ2) is 9.03. The molecule has 1 aromatic rings. The van der Waals surface area contributed by atoms with Gasteiger partial charge in [0.05, 0.1) is 0 Å². The lowest BCUT2D eigenvalue weighted by molar-refractivity contribution is -0.461. The molecule has 1 nitrogen and oxygen atoms in total. The third-order valence-corrected chi connectivity index (χ3v) is 5.74. The molecule has 1 aliphatic heterocycles. The van der Waals surface area contributed by atoms with E-state index >= 15 is 0 Å². The Hall–Kier alpha value is -2.01. The van der Waals surface area contributed by atoms with Gasteiger partial charge in [-0.1, -0.05) is 24.3 Å². The van der Waals surface area contributed by atoms with Crippen molar-refractivity contribution < 1.29 is 74.6 Å². The Balaban J connectivity index is 2.35. The highest BCUT2D eigenvalue weighted by atomic mass is 19.4. The molecule has 0 spiro atoms. The van der Waals surface area contributed by atoms with Gasteiger partial charge in [0, 0.05) is 26.1 Å². The van der Waals surface area contributed by atoms with Gasteiger partial charge in [0.2, 0.25) is 0 Å². The summed E-state index contributed by atoms with van der Waals surface area (Å²) in [6.07, 6.45) is -10.1. The first-order chi connectivity index (χ1) is 16.3. The van der Waals surface area contributed by atoms with Crippen molar-refractivity contribution >= 4 is 0 Å². The molecule has 214 valence electrons. The van der Waals surface area contributed by atoms with Crippen molar-refractivity contribution in [2.45, 2.75) is 67.0 Å². The van der Waals surface area contributed by atoms with E-state index in [1.807, 2.05) is 0 Å². The second-order valence-corrected chi connectivity index (χ2v) is 8.19. The minimum absolute atomic E-state index is 0.137. The Labute approximate surface area is 196 Å². The summed E-state index contributed by atoms with van der Waals surface area (Å²) in [5, 5.41) is 0. The fourth-order valence-electron chi connectivity index (χ4n) is 3.40. The first-order valence-corrected chi connectivity index (χ1v) is 9.80. The monoisotopic (exact) mass is 579 g/mol.